The molecule has 0 aliphatic carbocycles. The third-order valence-electron chi connectivity index (χ3n) is 2.69. The zero-order valence-electron chi connectivity index (χ0n) is 10.6. The lowest BCUT2D eigenvalue weighted by atomic mass is 10.1. The van der Waals surface area contributed by atoms with Crippen LogP contribution in [0, 0.1) is 17.5 Å². The van der Waals surface area contributed by atoms with E-state index in [0.717, 1.165) is 24.3 Å². The first kappa shape index (κ1) is 14.8. The van der Waals surface area contributed by atoms with Crippen molar-refractivity contribution in [2.75, 3.05) is 6.61 Å². The Bertz CT molecular complexity index is 699. The minimum absolute atomic E-state index is 0.0844. The van der Waals surface area contributed by atoms with Gasteiger partial charge in [0.1, 0.15) is 6.29 Å². The smallest absolute Gasteiger partial charge is 0.200 e. The van der Waals surface area contributed by atoms with Crippen LogP contribution in [0.5, 0.6) is 5.75 Å². The van der Waals surface area contributed by atoms with Gasteiger partial charge in [0.2, 0.25) is 0 Å². The summed E-state index contributed by atoms with van der Waals surface area (Å²) in [5, 5.41) is 0. The van der Waals surface area contributed by atoms with E-state index in [1.807, 2.05) is 0 Å². The van der Waals surface area contributed by atoms with Crippen LogP contribution in [0.15, 0.2) is 36.4 Å². The van der Waals surface area contributed by atoms with Crippen molar-refractivity contribution in [2.24, 2.45) is 0 Å². The Hall–Kier alpha value is -2.63. The van der Waals surface area contributed by atoms with Gasteiger partial charge >= 0.3 is 0 Å². The summed E-state index contributed by atoms with van der Waals surface area (Å²) >= 11 is 0. The lowest BCUT2D eigenvalue weighted by molar-refractivity contribution is 0.0917. The molecule has 0 saturated heterocycles. The molecule has 0 radical (unpaired) electrons. The highest BCUT2D eigenvalue weighted by Crippen LogP contribution is 2.18. The van der Waals surface area contributed by atoms with E-state index < -0.39 is 29.8 Å². The van der Waals surface area contributed by atoms with Gasteiger partial charge in [0.15, 0.2) is 35.6 Å². The van der Waals surface area contributed by atoms with Gasteiger partial charge in [0, 0.05) is 11.1 Å². The van der Waals surface area contributed by atoms with Crippen LogP contribution in [0.3, 0.4) is 0 Å². The minimum atomic E-state index is -1.15. The first-order valence-electron chi connectivity index (χ1n) is 5.87. The Kier molecular flexibility index (Phi) is 4.37. The quantitative estimate of drug-likeness (QED) is 0.628. The van der Waals surface area contributed by atoms with Crippen molar-refractivity contribution in [1.82, 2.24) is 0 Å². The van der Waals surface area contributed by atoms with Gasteiger partial charge < -0.3 is 4.74 Å². The summed E-state index contributed by atoms with van der Waals surface area (Å²) in [7, 11) is 0. The largest absolute Gasteiger partial charge is 0.482 e. The van der Waals surface area contributed by atoms with Gasteiger partial charge in [0.25, 0.3) is 0 Å². The molecule has 0 saturated carbocycles. The molecule has 2 aromatic carbocycles. The number of rotatable bonds is 5. The van der Waals surface area contributed by atoms with Crippen LogP contribution in [0.1, 0.15) is 20.7 Å². The van der Waals surface area contributed by atoms with Gasteiger partial charge in [-0.1, -0.05) is 0 Å². The van der Waals surface area contributed by atoms with Crippen LogP contribution in [-0.2, 0) is 0 Å². The topological polar surface area (TPSA) is 43.4 Å². The molecule has 6 heteroatoms. The summed E-state index contributed by atoms with van der Waals surface area (Å²) in [5.41, 5.74) is 0.0469. The highest BCUT2D eigenvalue weighted by Gasteiger charge is 2.12. The number of hydrogen-bond donors (Lipinski definition) is 0. The van der Waals surface area contributed by atoms with E-state index in [-0.39, 0.29) is 16.9 Å². The Morgan fingerprint density at radius 2 is 1.76 bits per heavy atom. The van der Waals surface area contributed by atoms with Gasteiger partial charge in [-0.15, -0.1) is 0 Å². The number of aldehydes is 1. The van der Waals surface area contributed by atoms with Crippen LogP contribution >= 0.6 is 0 Å². The van der Waals surface area contributed by atoms with E-state index in [1.165, 1.54) is 12.1 Å². The van der Waals surface area contributed by atoms with Gasteiger partial charge in [-0.2, -0.15) is 0 Å². The second kappa shape index (κ2) is 6.21. The average Bonchev–Trinajstić information content (AvgIpc) is 2.48. The number of ether oxygens (including phenoxy) is 1. The second-order valence-electron chi connectivity index (χ2n) is 4.15. The fourth-order valence-corrected chi connectivity index (χ4v) is 1.60. The number of carbonyl (C=O) groups is 2. The van der Waals surface area contributed by atoms with E-state index in [0.29, 0.717) is 6.29 Å². The van der Waals surface area contributed by atoms with E-state index in [2.05, 4.69) is 0 Å². The SMILES string of the molecule is O=Cc1ccc(OCC(=O)c2ccc(F)c(F)c2)c(F)c1. The first-order chi connectivity index (χ1) is 10.0. The monoisotopic (exact) mass is 294 g/mol. The molecule has 2 aromatic rings. The fraction of sp³-hybridized carbons (Fsp3) is 0.0667. The summed E-state index contributed by atoms with van der Waals surface area (Å²) in [4.78, 5) is 22.2. The minimum Gasteiger partial charge on any atom is -0.482 e. The third kappa shape index (κ3) is 3.47. The van der Waals surface area contributed by atoms with Crippen LogP contribution in [0.25, 0.3) is 0 Å². The molecule has 0 amide bonds. The Balaban J connectivity index is 2.07. The number of hydrogen-bond acceptors (Lipinski definition) is 3. The molecule has 0 aromatic heterocycles. The van der Waals surface area contributed by atoms with Crippen molar-refractivity contribution in [3.05, 3.63) is 65.0 Å². The number of Topliss-reactive ketones (excluding diaryl/α,β-unsaturated/α-hetero) is 1. The predicted octanol–water partition coefficient (Wildman–Crippen LogP) is 3.18. The van der Waals surface area contributed by atoms with Gasteiger partial charge in [-0.05, 0) is 36.4 Å². The molecular formula is C15H9F3O3. The Morgan fingerprint density at radius 1 is 1.00 bits per heavy atom. The molecule has 2 rings (SSSR count). The normalized spacial score (nSPS) is 10.2. The summed E-state index contributed by atoms with van der Waals surface area (Å²) in [6.45, 7) is -0.539. The van der Waals surface area contributed by atoms with E-state index in [1.54, 1.807) is 0 Å². The zero-order chi connectivity index (χ0) is 15.4. The lowest BCUT2D eigenvalue weighted by Crippen LogP contribution is -2.12. The third-order valence-corrected chi connectivity index (χ3v) is 2.69. The molecule has 0 N–H and O–H groups in total. The summed E-state index contributed by atoms with van der Waals surface area (Å²) in [5.74, 6) is -3.85. The van der Waals surface area contributed by atoms with Crippen molar-refractivity contribution < 1.29 is 27.5 Å². The molecule has 108 valence electrons. The molecule has 0 heterocycles. The van der Waals surface area contributed by atoms with Crippen molar-refractivity contribution in [2.45, 2.75) is 0 Å². The molecule has 0 spiro atoms. The van der Waals surface area contributed by atoms with E-state index >= 15 is 0 Å². The van der Waals surface area contributed by atoms with Crippen LogP contribution < -0.4 is 4.74 Å². The summed E-state index contributed by atoms with van der Waals surface area (Å²) in [6, 6.07) is 6.17. The number of halogens is 3. The maximum Gasteiger partial charge on any atom is 0.200 e. The highest BCUT2D eigenvalue weighted by molar-refractivity contribution is 5.97. The molecule has 0 aliphatic rings. The lowest BCUT2D eigenvalue weighted by Gasteiger charge is -2.07. The average molecular weight is 294 g/mol. The number of carbonyl (C=O) groups excluding carboxylic acids is 2. The summed E-state index contributed by atoms with van der Waals surface area (Å²) < 4.78 is 44.2. The van der Waals surface area contributed by atoms with Crippen LogP contribution in [0.2, 0.25) is 0 Å². The van der Waals surface area contributed by atoms with Gasteiger partial charge in [-0.25, -0.2) is 13.2 Å². The van der Waals surface area contributed by atoms with Gasteiger partial charge in [0.05, 0.1) is 0 Å². The van der Waals surface area contributed by atoms with Crippen molar-refractivity contribution in [3.63, 3.8) is 0 Å². The number of benzene rings is 2. The molecule has 3 nitrogen and oxygen atoms in total. The molecule has 0 bridgehead atoms. The van der Waals surface area contributed by atoms with Crippen LogP contribution in [-0.4, -0.2) is 18.7 Å². The van der Waals surface area contributed by atoms with Crippen molar-refractivity contribution in [3.8, 4) is 5.75 Å². The molecule has 0 aliphatic heterocycles. The Labute approximate surface area is 118 Å². The highest BCUT2D eigenvalue weighted by atomic mass is 19.2. The Morgan fingerprint density at radius 3 is 2.38 bits per heavy atom. The van der Waals surface area contributed by atoms with E-state index in [9.17, 15) is 22.8 Å². The molecule has 0 unspecified atom stereocenters. The molecule has 21 heavy (non-hydrogen) atoms. The van der Waals surface area contributed by atoms with E-state index in [4.69, 9.17) is 4.74 Å². The molecular weight excluding hydrogens is 285 g/mol. The maximum absolute atomic E-state index is 13.5. The summed E-state index contributed by atoms with van der Waals surface area (Å²) in [6.07, 6.45) is 0.472. The van der Waals surface area contributed by atoms with Gasteiger partial charge in [-0.3, -0.25) is 9.59 Å². The zero-order valence-corrected chi connectivity index (χ0v) is 10.6. The first-order valence-corrected chi connectivity index (χ1v) is 5.87. The predicted molar refractivity (Wildman–Crippen MR) is 68.0 cm³/mol. The fourth-order valence-electron chi connectivity index (χ4n) is 1.60. The maximum atomic E-state index is 13.5. The van der Waals surface area contributed by atoms with Crippen molar-refractivity contribution >= 4 is 12.1 Å². The van der Waals surface area contributed by atoms with Crippen molar-refractivity contribution in [1.29, 1.82) is 0 Å². The molecule has 0 fully saturated rings. The molecule has 0 atom stereocenters. The standard InChI is InChI=1S/C15H9F3O3/c16-11-3-2-10(6-12(11)17)14(20)8-21-15-4-1-9(7-19)5-13(15)18/h1-7H,8H2. The van der Waals surface area contributed by atoms with Crippen LogP contribution in [0.4, 0.5) is 13.2 Å². The second-order valence-corrected chi connectivity index (χ2v) is 4.15. The number of ketones is 1.